The maximum absolute atomic E-state index is 2.30. The van der Waals surface area contributed by atoms with Crippen LogP contribution in [0.25, 0.3) is 0 Å². The van der Waals surface area contributed by atoms with Crippen LogP contribution in [0, 0.1) is 5.92 Å². The number of unbranched alkanes of at least 4 members (excludes halogenated alkanes) is 12. The van der Waals surface area contributed by atoms with Crippen LogP contribution in [0.15, 0.2) is 0 Å². The van der Waals surface area contributed by atoms with E-state index in [1.165, 1.54) is 114 Å². The Morgan fingerprint density at radius 1 is 0.565 bits per heavy atom. The molecule has 2 bridgehead atoms. The molecule has 3 aliphatic heterocycles. The Labute approximate surface area is 146 Å². The van der Waals surface area contributed by atoms with Gasteiger partial charge in [-0.15, -0.1) is 0 Å². The van der Waals surface area contributed by atoms with Crippen LogP contribution < -0.4 is 0 Å². The van der Waals surface area contributed by atoms with Gasteiger partial charge in [-0.2, -0.15) is 0 Å². The molecule has 23 heavy (non-hydrogen) atoms. The van der Waals surface area contributed by atoms with Gasteiger partial charge in [0.1, 0.15) is 0 Å². The molecular weight excluding hydrogens is 278 g/mol. The van der Waals surface area contributed by atoms with Gasteiger partial charge in [-0.25, -0.2) is 0 Å². The van der Waals surface area contributed by atoms with E-state index in [0.29, 0.717) is 0 Å². The van der Waals surface area contributed by atoms with Crippen molar-refractivity contribution in [3.05, 3.63) is 0 Å². The molecule has 0 saturated carbocycles. The summed E-state index contributed by atoms with van der Waals surface area (Å²) in [7, 11) is 0. The minimum atomic E-state index is 1.11. The lowest BCUT2D eigenvalue weighted by Gasteiger charge is -2.49. The van der Waals surface area contributed by atoms with Crippen molar-refractivity contribution in [3.63, 3.8) is 0 Å². The molecule has 0 aliphatic carbocycles. The van der Waals surface area contributed by atoms with Gasteiger partial charge in [0.2, 0.25) is 0 Å². The second-order valence-electron chi connectivity index (χ2n) is 8.71. The third-order valence-corrected chi connectivity index (χ3v) is 6.77. The fraction of sp³-hybridized carbons (Fsp3) is 1.00. The zero-order valence-electron chi connectivity index (χ0n) is 16.2. The number of nitrogens with zero attached hydrogens (tertiary/aromatic N) is 1. The fourth-order valence-electron chi connectivity index (χ4n) is 4.94. The Balaban J connectivity index is 1.32. The van der Waals surface area contributed by atoms with E-state index < -0.39 is 0 Å². The van der Waals surface area contributed by atoms with Gasteiger partial charge in [0.25, 0.3) is 0 Å². The standard InChI is InChI=1S/C22H44N/c1-2-3-4-5-6-7-8-9-10-11-12-13-14-18-23-19-15-22(16-20-23)17-21-23/h22H,2-21H2,1H3/q+1. The van der Waals surface area contributed by atoms with Crippen LogP contribution in [0.2, 0.25) is 0 Å². The second kappa shape index (κ2) is 11.5. The maximum Gasteiger partial charge on any atom is 0.0789 e. The molecule has 0 radical (unpaired) electrons. The van der Waals surface area contributed by atoms with Crippen LogP contribution >= 0.6 is 0 Å². The Bertz CT molecular complexity index is 264. The molecular formula is C22H44N+. The Morgan fingerprint density at radius 3 is 1.39 bits per heavy atom. The summed E-state index contributed by atoms with van der Waals surface area (Å²) in [5.74, 6) is 1.11. The van der Waals surface area contributed by atoms with E-state index in [0.717, 1.165) is 5.92 Å². The van der Waals surface area contributed by atoms with E-state index in [2.05, 4.69) is 6.92 Å². The van der Waals surface area contributed by atoms with Crippen molar-refractivity contribution < 1.29 is 4.48 Å². The molecule has 3 rings (SSSR count). The van der Waals surface area contributed by atoms with Gasteiger partial charge in [0, 0.05) is 0 Å². The Hall–Kier alpha value is -0.0400. The lowest BCUT2D eigenvalue weighted by atomic mass is 9.85. The second-order valence-corrected chi connectivity index (χ2v) is 8.71. The molecule has 3 heterocycles. The van der Waals surface area contributed by atoms with E-state index in [1.54, 1.807) is 19.3 Å². The minimum Gasteiger partial charge on any atom is -0.324 e. The van der Waals surface area contributed by atoms with E-state index in [1.807, 2.05) is 0 Å². The van der Waals surface area contributed by atoms with Gasteiger partial charge in [-0.3, -0.25) is 0 Å². The maximum atomic E-state index is 2.30. The van der Waals surface area contributed by atoms with Crippen LogP contribution in [-0.2, 0) is 0 Å². The first-order valence-corrected chi connectivity index (χ1v) is 11.2. The molecule has 0 aromatic rings. The molecule has 1 heteroatoms. The molecule has 0 aromatic heterocycles. The molecule has 3 fully saturated rings. The van der Waals surface area contributed by atoms with Crippen LogP contribution in [-0.4, -0.2) is 30.7 Å². The van der Waals surface area contributed by atoms with Crippen molar-refractivity contribution in [1.82, 2.24) is 0 Å². The average Bonchev–Trinajstić information content (AvgIpc) is 2.60. The summed E-state index contributed by atoms with van der Waals surface area (Å²) in [6, 6.07) is 0. The van der Waals surface area contributed by atoms with Gasteiger partial charge >= 0.3 is 0 Å². The highest BCUT2D eigenvalue weighted by molar-refractivity contribution is 4.71. The molecule has 136 valence electrons. The number of hydrogen-bond acceptors (Lipinski definition) is 0. The summed E-state index contributed by atoms with van der Waals surface area (Å²) in [5, 5.41) is 0. The molecule has 0 atom stereocenters. The van der Waals surface area contributed by atoms with Crippen LogP contribution in [0.4, 0.5) is 0 Å². The molecule has 3 aliphatic rings. The van der Waals surface area contributed by atoms with E-state index in [9.17, 15) is 0 Å². The third kappa shape index (κ3) is 7.59. The monoisotopic (exact) mass is 322 g/mol. The Morgan fingerprint density at radius 2 is 0.957 bits per heavy atom. The third-order valence-electron chi connectivity index (χ3n) is 6.77. The van der Waals surface area contributed by atoms with E-state index in [-0.39, 0.29) is 0 Å². The largest absolute Gasteiger partial charge is 0.324 e. The van der Waals surface area contributed by atoms with E-state index >= 15 is 0 Å². The molecule has 3 saturated heterocycles. The van der Waals surface area contributed by atoms with Crippen LogP contribution in [0.5, 0.6) is 0 Å². The number of piperidine rings is 3. The van der Waals surface area contributed by atoms with Gasteiger partial charge in [0.05, 0.1) is 26.2 Å². The Kier molecular flexibility index (Phi) is 9.65. The van der Waals surface area contributed by atoms with Crippen molar-refractivity contribution in [1.29, 1.82) is 0 Å². The predicted molar refractivity (Wildman–Crippen MR) is 103 cm³/mol. The molecule has 0 unspecified atom stereocenters. The van der Waals surface area contributed by atoms with Crippen molar-refractivity contribution in [2.24, 2.45) is 5.92 Å². The van der Waals surface area contributed by atoms with Crippen LogP contribution in [0.3, 0.4) is 0 Å². The van der Waals surface area contributed by atoms with Crippen LogP contribution in [0.1, 0.15) is 110 Å². The van der Waals surface area contributed by atoms with Crippen molar-refractivity contribution in [3.8, 4) is 0 Å². The smallest absolute Gasteiger partial charge is 0.0789 e. The lowest BCUT2D eigenvalue weighted by Crippen LogP contribution is -2.58. The van der Waals surface area contributed by atoms with E-state index in [4.69, 9.17) is 0 Å². The zero-order chi connectivity index (χ0) is 16.2. The van der Waals surface area contributed by atoms with Gasteiger partial charge in [0.15, 0.2) is 0 Å². The fourth-order valence-corrected chi connectivity index (χ4v) is 4.94. The summed E-state index contributed by atoms with van der Waals surface area (Å²) < 4.78 is 1.51. The van der Waals surface area contributed by atoms with Gasteiger partial charge < -0.3 is 4.48 Å². The molecule has 1 nitrogen and oxygen atoms in total. The summed E-state index contributed by atoms with van der Waals surface area (Å²) >= 11 is 0. The quantitative estimate of drug-likeness (QED) is 0.246. The summed E-state index contributed by atoms with van der Waals surface area (Å²) in [4.78, 5) is 0. The van der Waals surface area contributed by atoms with Crippen molar-refractivity contribution in [2.45, 2.75) is 110 Å². The first kappa shape index (κ1) is 19.3. The summed E-state index contributed by atoms with van der Waals surface area (Å²) in [6.07, 6.45) is 23.9. The number of hydrogen-bond donors (Lipinski definition) is 0. The summed E-state index contributed by atoms with van der Waals surface area (Å²) in [5.41, 5.74) is 0. The average molecular weight is 323 g/mol. The first-order chi connectivity index (χ1) is 11.3. The molecule has 0 amide bonds. The van der Waals surface area contributed by atoms with Crippen molar-refractivity contribution in [2.75, 3.05) is 26.2 Å². The molecule has 0 aromatic carbocycles. The normalized spacial score (nSPS) is 26.7. The number of quaternary nitrogens is 1. The SMILES string of the molecule is CCCCCCCCCCCCCCC[N+]12CCC(CC1)CC2. The predicted octanol–water partition coefficient (Wildman–Crippen LogP) is 6.71. The van der Waals surface area contributed by atoms with Gasteiger partial charge in [-0.1, -0.05) is 77.6 Å². The highest BCUT2D eigenvalue weighted by Crippen LogP contribution is 2.33. The first-order valence-electron chi connectivity index (χ1n) is 11.2. The topological polar surface area (TPSA) is 0 Å². The molecule has 0 spiro atoms. The lowest BCUT2D eigenvalue weighted by molar-refractivity contribution is -0.942. The highest BCUT2D eigenvalue weighted by atomic mass is 15.4. The van der Waals surface area contributed by atoms with Gasteiger partial charge in [-0.05, 0) is 38.0 Å². The number of rotatable bonds is 14. The summed E-state index contributed by atoms with van der Waals surface area (Å²) in [6.45, 7) is 8.36. The minimum absolute atomic E-state index is 1.11. The zero-order valence-corrected chi connectivity index (χ0v) is 16.2. The number of fused-ring (bicyclic) bond motifs is 3. The molecule has 0 N–H and O–H groups in total. The highest BCUT2D eigenvalue weighted by Gasteiger charge is 2.38. The van der Waals surface area contributed by atoms with Crippen molar-refractivity contribution >= 4 is 0 Å².